The number of hydrogen-bond donors (Lipinski definition) is 1. The lowest BCUT2D eigenvalue weighted by Crippen LogP contribution is -2.38. The van der Waals surface area contributed by atoms with E-state index in [1.54, 1.807) is 4.90 Å². The van der Waals surface area contributed by atoms with E-state index in [4.69, 9.17) is 4.74 Å². The molecule has 1 saturated carbocycles. The molecule has 0 unspecified atom stereocenters. The summed E-state index contributed by atoms with van der Waals surface area (Å²) in [5, 5.41) is 3.03. The standard InChI is InChI=1S/C22H23BrN2O3/c23-17-8-6-15(7-9-17)13-25-19-12-18(10-11-20(19)28-14-21(25)26)24-22(27)16-4-2-1-3-5-16/h6-12,16H,1-5,13-14H2,(H,24,27). The summed E-state index contributed by atoms with van der Waals surface area (Å²) in [5.74, 6) is 0.724. The van der Waals surface area contributed by atoms with Crippen LogP contribution in [0.3, 0.4) is 0 Å². The van der Waals surface area contributed by atoms with Crippen molar-refractivity contribution in [2.45, 2.75) is 38.6 Å². The van der Waals surface area contributed by atoms with Crippen LogP contribution in [0.2, 0.25) is 0 Å². The first-order valence-corrected chi connectivity index (χ1v) is 10.5. The van der Waals surface area contributed by atoms with E-state index in [2.05, 4.69) is 21.2 Å². The minimum Gasteiger partial charge on any atom is -0.482 e. The van der Waals surface area contributed by atoms with Crippen LogP contribution in [-0.2, 0) is 16.1 Å². The highest BCUT2D eigenvalue weighted by atomic mass is 79.9. The van der Waals surface area contributed by atoms with Crippen molar-refractivity contribution >= 4 is 39.1 Å². The average Bonchev–Trinajstić information content (AvgIpc) is 2.72. The number of benzene rings is 2. The van der Waals surface area contributed by atoms with Crippen molar-refractivity contribution in [1.82, 2.24) is 0 Å². The summed E-state index contributed by atoms with van der Waals surface area (Å²) in [6.45, 7) is 0.486. The van der Waals surface area contributed by atoms with E-state index in [9.17, 15) is 9.59 Å². The number of ether oxygens (including phenoxy) is 1. The fraction of sp³-hybridized carbons (Fsp3) is 0.364. The molecule has 2 aromatic carbocycles. The van der Waals surface area contributed by atoms with E-state index >= 15 is 0 Å². The molecule has 0 aromatic heterocycles. The Kier molecular flexibility index (Phi) is 5.67. The topological polar surface area (TPSA) is 58.6 Å². The second-order valence-corrected chi connectivity index (χ2v) is 8.32. The van der Waals surface area contributed by atoms with E-state index < -0.39 is 0 Å². The number of amides is 2. The maximum absolute atomic E-state index is 12.6. The predicted molar refractivity (Wildman–Crippen MR) is 112 cm³/mol. The number of nitrogens with zero attached hydrogens (tertiary/aromatic N) is 1. The molecule has 1 N–H and O–H groups in total. The second-order valence-electron chi connectivity index (χ2n) is 7.40. The van der Waals surface area contributed by atoms with Crippen LogP contribution in [0.25, 0.3) is 0 Å². The summed E-state index contributed by atoms with van der Waals surface area (Å²) in [6.07, 6.45) is 5.35. The van der Waals surface area contributed by atoms with Crippen LogP contribution in [0.5, 0.6) is 5.75 Å². The zero-order chi connectivity index (χ0) is 19.5. The lowest BCUT2D eigenvalue weighted by atomic mass is 9.88. The third kappa shape index (κ3) is 4.22. The molecule has 2 aliphatic rings. The minimum atomic E-state index is -0.0915. The van der Waals surface area contributed by atoms with E-state index in [0.717, 1.165) is 35.7 Å². The summed E-state index contributed by atoms with van der Waals surface area (Å²) in [4.78, 5) is 26.8. The molecule has 1 aliphatic carbocycles. The maximum atomic E-state index is 12.6. The number of halogens is 1. The van der Waals surface area contributed by atoms with Gasteiger partial charge in [0.1, 0.15) is 5.75 Å². The Balaban J connectivity index is 1.54. The van der Waals surface area contributed by atoms with Crippen LogP contribution in [0.15, 0.2) is 46.9 Å². The van der Waals surface area contributed by atoms with Crippen LogP contribution in [0, 0.1) is 5.92 Å². The number of fused-ring (bicyclic) bond motifs is 1. The van der Waals surface area contributed by atoms with Gasteiger partial charge in [0.25, 0.3) is 5.91 Å². The molecular weight excluding hydrogens is 420 g/mol. The van der Waals surface area contributed by atoms with Crippen LogP contribution in [0.4, 0.5) is 11.4 Å². The van der Waals surface area contributed by atoms with E-state index in [1.165, 1.54) is 6.42 Å². The van der Waals surface area contributed by atoms with Crippen LogP contribution < -0.4 is 15.0 Å². The van der Waals surface area contributed by atoms with Crippen molar-refractivity contribution in [3.8, 4) is 5.75 Å². The van der Waals surface area contributed by atoms with Crippen molar-refractivity contribution in [3.63, 3.8) is 0 Å². The van der Waals surface area contributed by atoms with Gasteiger partial charge in [-0.15, -0.1) is 0 Å². The van der Waals surface area contributed by atoms with Gasteiger partial charge in [-0.3, -0.25) is 9.59 Å². The molecule has 146 valence electrons. The summed E-state index contributed by atoms with van der Waals surface area (Å²) in [5.41, 5.74) is 2.43. The van der Waals surface area contributed by atoms with Crippen molar-refractivity contribution in [1.29, 1.82) is 0 Å². The van der Waals surface area contributed by atoms with Gasteiger partial charge in [0.2, 0.25) is 5.91 Å². The van der Waals surface area contributed by atoms with Crippen LogP contribution in [-0.4, -0.2) is 18.4 Å². The molecule has 0 spiro atoms. The Morgan fingerprint density at radius 1 is 1.11 bits per heavy atom. The van der Waals surface area contributed by atoms with Gasteiger partial charge in [0.05, 0.1) is 12.2 Å². The minimum absolute atomic E-state index is 0.0251. The summed E-state index contributed by atoms with van der Waals surface area (Å²) < 4.78 is 6.59. The molecule has 6 heteroatoms. The van der Waals surface area contributed by atoms with E-state index in [0.29, 0.717) is 23.7 Å². The normalized spacial score (nSPS) is 17.0. The monoisotopic (exact) mass is 442 g/mol. The number of nitrogens with one attached hydrogen (secondary N) is 1. The lowest BCUT2D eigenvalue weighted by molar-refractivity contribution is -0.121. The molecule has 1 aliphatic heterocycles. The fourth-order valence-corrected chi connectivity index (χ4v) is 4.10. The van der Waals surface area contributed by atoms with E-state index in [-0.39, 0.29) is 24.3 Å². The van der Waals surface area contributed by atoms with Gasteiger partial charge < -0.3 is 15.0 Å². The van der Waals surface area contributed by atoms with Gasteiger partial charge in [-0.2, -0.15) is 0 Å². The Morgan fingerprint density at radius 3 is 2.61 bits per heavy atom. The lowest BCUT2D eigenvalue weighted by Gasteiger charge is -2.30. The number of hydrogen-bond acceptors (Lipinski definition) is 3. The van der Waals surface area contributed by atoms with Crippen molar-refractivity contribution in [2.24, 2.45) is 5.92 Å². The van der Waals surface area contributed by atoms with E-state index in [1.807, 2.05) is 42.5 Å². The third-order valence-corrected chi connectivity index (χ3v) is 5.93. The molecule has 5 nitrogen and oxygen atoms in total. The first kappa shape index (κ1) is 19.0. The summed E-state index contributed by atoms with van der Waals surface area (Å²) in [6, 6.07) is 13.4. The maximum Gasteiger partial charge on any atom is 0.265 e. The highest BCUT2D eigenvalue weighted by Gasteiger charge is 2.27. The number of rotatable bonds is 4. The quantitative estimate of drug-likeness (QED) is 0.732. The molecule has 4 rings (SSSR count). The fourth-order valence-electron chi connectivity index (χ4n) is 3.83. The van der Waals surface area contributed by atoms with Gasteiger partial charge in [-0.05, 0) is 48.7 Å². The molecular formula is C22H23BrN2O3. The van der Waals surface area contributed by atoms with Crippen LogP contribution >= 0.6 is 15.9 Å². The Bertz CT molecular complexity index is 876. The van der Waals surface area contributed by atoms with Crippen molar-refractivity contribution in [2.75, 3.05) is 16.8 Å². The average molecular weight is 443 g/mol. The summed E-state index contributed by atoms with van der Waals surface area (Å²) in [7, 11) is 0. The molecule has 0 bridgehead atoms. The van der Waals surface area contributed by atoms with Crippen molar-refractivity contribution < 1.29 is 14.3 Å². The Morgan fingerprint density at radius 2 is 1.86 bits per heavy atom. The molecule has 28 heavy (non-hydrogen) atoms. The van der Waals surface area contributed by atoms with Gasteiger partial charge >= 0.3 is 0 Å². The number of carbonyl (C=O) groups is 2. The van der Waals surface area contributed by atoms with Gasteiger partial charge in [-0.25, -0.2) is 0 Å². The molecule has 0 atom stereocenters. The molecule has 1 fully saturated rings. The molecule has 2 amide bonds. The van der Waals surface area contributed by atoms with Gasteiger partial charge in [-0.1, -0.05) is 47.3 Å². The number of carbonyl (C=O) groups excluding carboxylic acids is 2. The SMILES string of the molecule is O=C(Nc1ccc2c(c1)N(Cc1ccc(Br)cc1)C(=O)CO2)C1CCCCC1. The zero-order valence-electron chi connectivity index (χ0n) is 15.6. The Hall–Kier alpha value is -2.34. The van der Waals surface area contributed by atoms with Gasteiger partial charge in [0.15, 0.2) is 6.61 Å². The second kappa shape index (κ2) is 8.35. The summed E-state index contributed by atoms with van der Waals surface area (Å²) >= 11 is 3.43. The zero-order valence-corrected chi connectivity index (χ0v) is 17.2. The Labute approximate surface area is 173 Å². The number of anilines is 2. The van der Waals surface area contributed by atoms with Crippen molar-refractivity contribution in [3.05, 3.63) is 52.5 Å². The smallest absolute Gasteiger partial charge is 0.265 e. The molecule has 0 saturated heterocycles. The molecule has 1 heterocycles. The molecule has 2 aromatic rings. The van der Waals surface area contributed by atoms with Gasteiger partial charge in [0, 0.05) is 16.1 Å². The highest BCUT2D eigenvalue weighted by molar-refractivity contribution is 9.10. The highest BCUT2D eigenvalue weighted by Crippen LogP contribution is 2.36. The molecule has 0 radical (unpaired) electrons. The first-order valence-electron chi connectivity index (χ1n) is 9.73. The largest absolute Gasteiger partial charge is 0.482 e. The predicted octanol–water partition coefficient (Wildman–Crippen LogP) is 4.89. The first-order chi connectivity index (χ1) is 13.6. The van der Waals surface area contributed by atoms with Crippen LogP contribution in [0.1, 0.15) is 37.7 Å². The third-order valence-electron chi connectivity index (χ3n) is 5.40.